The summed E-state index contributed by atoms with van der Waals surface area (Å²) in [4.78, 5) is 20.3. The Balaban J connectivity index is 3.97. The lowest BCUT2D eigenvalue weighted by atomic mass is 10.1. The Labute approximate surface area is 74.7 Å². The Kier molecular flexibility index (Phi) is 5.40. The smallest absolute Gasteiger partial charge is 0.166 e. The molecule has 0 bridgehead atoms. The second-order valence-electron chi connectivity index (χ2n) is 2.55. The standard InChI is InChI=1S/C7H12O6/c8-1-6(2-9)13-5-7(12,3-10)4-11/h1,3,6,9,11-12H,2,4-5H2/t6-,7-/m0/s1. The summed E-state index contributed by atoms with van der Waals surface area (Å²) < 4.78 is 4.63. The number of aliphatic hydroxyl groups is 3. The number of aldehydes is 2. The SMILES string of the molecule is O=C[C@@H](CO)OC[C@](O)(C=O)CO. The maximum Gasteiger partial charge on any atom is 0.166 e. The van der Waals surface area contributed by atoms with Crippen LogP contribution >= 0.6 is 0 Å². The van der Waals surface area contributed by atoms with Crippen LogP contribution < -0.4 is 0 Å². The van der Waals surface area contributed by atoms with Gasteiger partial charge in [0.2, 0.25) is 0 Å². The number of hydrogen-bond acceptors (Lipinski definition) is 6. The van der Waals surface area contributed by atoms with E-state index in [2.05, 4.69) is 4.74 Å². The topological polar surface area (TPSA) is 104 Å². The largest absolute Gasteiger partial charge is 0.393 e. The Morgan fingerprint density at radius 3 is 2.31 bits per heavy atom. The highest BCUT2D eigenvalue weighted by molar-refractivity contribution is 5.62. The molecule has 0 unspecified atom stereocenters. The quantitative estimate of drug-likeness (QED) is 0.385. The van der Waals surface area contributed by atoms with Crippen molar-refractivity contribution >= 4 is 12.6 Å². The first-order valence-electron chi connectivity index (χ1n) is 3.59. The molecule has 0 aromatic heterocycles. The molecular weight excluding hydrogens is 180 g/mol. The van der Waals surface area contributed by atoms with Crippen molar-refractivity contribution in [1.29, 1.82) is 0 Å². The van der Waals surface area contributed by atoms with Gasteiger partial charge in [-0.15, -0.1) is 0 Å². The molecule has 0 aromatic rings. The summed E-state index contributed by atoms with van der Waals surface area (Å²) in [6.07, 6.45) is -0.632. The monoisotopic (exact) mass is 192 g/mol. The van der Waals surface area contributed by atoms with Gasteiger partial charge < -0.3 is 24.9 Å². The summed E-state index contributed by atoms with van der Waals surface area (Å²) >= 11 is 0. The van der Waals surface area contributed by atoms with E-state index < -0.39 is 31.5 Å². The molecule has 6 nitrogen and oxygen atoms in total. The molecule has 0 aliphatic heterocycles. The number of ether oxygens (including phenoxy) is 1. The van der Waals surface area contributed by atoms with E-state index in [0.717, 1.165) is 0 Å². The van der Waals surface area contributed by atoms with Crippen LogP contribution in [-0.4, -0.2) is 59.4 Å². The number of carbonyl (C=O) groups excluding carboxylic acids is 2. The van der Waals surface area contributed by atoms with E-state index in [4.69, 9.17) is 15.3 Å². The second kappa shape index (κ2) is 5.76. The van der Waals surface area contributed by atoms with Crippen molar-refractivity contribution in [3.05, 3.63) is 0 Å². The molecule has 2 atom stereocenters. The van der Waals surface area contributed by atoms with Gasteiger partial charge >= 0.3 is 0 Å². The third-order valence-electron chi connectivity index (χ3n) is 1.37. The summed E-state index contributed by atoms with van der Waals surface area (Å²) in [5, 5.41) is 26.1. The van der Waals surface area contributed by atoms with Crippen molar-refractivity contribution in [1.82, 2.24) is 0 Å². The van der Waals surface area contributed by atoms with Crippen LogP contribution in [0.15, 0.2) is 0 Å². The summed E-state index contributed by atoms with van der Waals surface area (Å²) in [5.74, 6) is 0. The molecule has 0 amide bonds. The van der Waals surface area contributed by atoms with Crippen LogP contribution in [0.2, 0.25) is 0 Å². The molecule has 0 heterocycles. The zero-order valence-electron chi connectivity index (χ0n) is 6.92. The number of aliphatic hydroxyl groups excluding tert-OH is 2. The van der Waals surface area contributed by atoms with Crippen molar-refractivity contribution in [3.63, 3.8) is 0 Å². The molecule has 0 saturated heterocycles. The maximum atomic E-state index is 10.2. The lowest BCUT2D eigenvalue weighted by molar-refractivity contribution is -0.145. The summed E-state index contributed by atoms with van der Waals surface area (Å²) in [7, 11) is 0. The highest BCUT2D eigenvalue weighted by atomic mass is 16.5. The molecule has 76 valence electrons. The predicted molar refractivity (Wildman–Crippen MR) is 41.0 cm³/mol. The zero-order valence-corrected chi connectivity index (χ0v) is 6.92. The van der Waals surface area contributed by atoms with Gasteiger partial charge in [-0.05, 0) is 0 Å². The third-order valence-corrected chi connectivity index (χ3v) is 1.37. The Bertz CT molecular complexity index is 170. The predicted octanol–water partition coefficient (Wildman–Crippen LogP) is -2.51. The van der Waals surface area contributed by atoms with Gasteiger partial charge in [-0.1, -0.05) is 0 Å². The van der Waals surface area contributed by atoms with E-state index in [9.17, 15) is 9.59 Å². The number of hydrogen-bond donors (Lipinski definition) is 3. The van der Waals surface area contributed by atoms with Crippen LogP contribution in [0, 0.1) is 0 Å². The highest BCUT2D eigenvalue weighted by Gasteiger charge is 2.26. The van der Waals surface area contributed by atoms with E-state index >= 15 is 0 Å². The van der Waals surface area contributed by atoms with Gasteiger partial charge in [-0.2, -0.15) is 0 Å². The molecule has 0 aliphatic carbocycles. The van der Waals surface area contributed by atoms with Gasteiger partial charge in [-0.25, -0.2) is 0 Å². The minimum atomic E-state index is -2.00. The molecule has 13 heavy (non-hydrogen) atoms. The molecule has 0 aromatic carbocycles. The summed E-state index contributed by atoms with van der Waals surface area (Å²) in [6.45, 7) is -1.87. The second-order valence-corrected chi connectivity index (χ2v) is 2.55. The van der Waals surface area contributed by atoms with Gasteiger partial charge in [0.25, 0.3) is 0 Å². The van der Waals surface area contributed by atoms with Crippen molar-refractivity contribution in [3.8, 4) is 0 Å². The Hall–Kier alpha value is -0.820. The molecular formula is C7H12O6. The minimum Gasteiger partial charge on any atom is -0.393 e. The molecule has 0 aliphatic rings. The lowest BCUT2D eigenvalue weighted by Gasteiger charge is -2.20. The van der Waals surface area contributed by atoms with Gasteiger partial charge in [0.05, 0.1) is 19.8 Å². The molecule has 6 heteroatoms. The number of rotatable bonds is 7. The normalized spacial score (nSPS) is 17.5. The van der Waals surface area contributed by atoms with Crippen LogP contribution in [0.1, 0.15) is 0 Å². The van der Waals surface area contributed by atoms with E-state index in [1.165, 1.54) is 0 Å². The third kappa shape index (κ3) is 4.09. The molecule has 0 spiro atoms. The first-order chi connectivity index (χ1) is 6.11. The van der Waals surface area contributed by atoms with Crippen LogP contribution in [0.3, 0.4) is 0 Å². The van der Waals surface area contributed by atoms with Crippen LogP contribution in [0.25, 0.3) is 0 Å². The Morgan fingerprint density at radius 1 is 1.38 bits per heavy atom. The van der Waals surface area contributed by atoms with Crippen molar-refractivity contribution in [2.45, 2.75) is 11.7 Å². The average Bonchev–Trinajstić information content (AvgIpc) is 2.19. The van der Waals surface area contributed by atoms with E-state index in [0.29, 0.717) is 6.29 Å². The summed E-state index contributed by atoms with van der Waals surface area (Å²) in [5.41, 5.74) is -2.00. The molecule has 3 N–H and O–H groups in total. The van der Waals surface area contributed by atoms with Gasteiger partial charge in [0, 0.05) is 0 Å². The van der Waals surface area contributed by atoms with Crippen molar-refractivity contribution < 1.29 is 29.6 Å². The van der Waals surface area contributed by atoms with Crippen LogP contribution in [-0.2, 0) is 14.3 Å². The van der Waals surface area contributed by atoms with Gasteiger partial charge in [0.1, 0.15) is 6.10 Å². The van der Waals surface area contributed by atoms with Gasteiger partial charge in [-0.3, -0.25) is 4.79 Å². The first-order valence-corrected chi connectivity index (χ1v) is 3.59. The van der Waals surface area contributed by atoms with Crippen molar-refractivity contribution in [2.24, 2.45) is 0 Å². The van der Waals surface area contributed by atoms with Crippen LogP contribution in [0.4, 0.5) is 0 Å². The summed E-state index contributed by atoms with van der Waals surface area (Å²) in [6, 6.07) is 0. The van der Waals surface area contributed by atoms with Crippen LogP contribution in [0.5, 0.6) is 0 Å². The van der Waals surface area contributed by atoms with Crippen molar-refractivity contribution in [2.75, 3.05) is 19.8 Å². The molecule has 0 radical (unpaired) electrons. The first kappa shape index (κ1) is 12.2. The van der Waals surface area contributed by atoms with E-state index in [-0.39, 0.29) is 6.29 Å². The van der Waals surface area contributed by atoms with E-state index in [1.807, 2.05) is 0 Å². The fourth-order valence-corrected chi connectivity index (χ4v) is 0.503. The fourth-order valence-electron chi connectivity index (χ4n) is 0.503. The average molecular weight is 192 g/mol. The van der Waals surface area contributed by atoms with E-state index in [1.54, 1.807) is 0 Å². The molecule has 0 rings (SSSR count). The lowest BCUT2D eigenvalue weighted by Crippen LogP contribution is -2.42. The number of carbonyl (C=O) groups is 2. The Morgan fingerprint density at radius 2 is 2.00 bits per heavy atom. The fraction of sp³-hybridized carbons (Fsp3) is 0.714. The zero-order chi connectivity index (χ0) is 10.3. The minimum absolute atomic E-state index is 0.117. The maximum absolute atomic E-state index is 10.2. The molecule has 0 fully saturated rings. The highest BCUT2D eigenvalue weighted by Crippen LogP contribution is 2.01. The van der Waals surface area contributed by atoms with Gasteiger partial charge in [0.15, 0.2) is 18.2 Å². The molecule has 0 saturated carbocycles.